The van der Waals surface area contributed by atoms with Crippen LogP contribution in [0.5, 0.6) is 0 Å². The third-order valence-electron chi connectivity index (χ3n) is 3.84. The molecule has 0 unspecified atom stereocenters. The fourth-order valence-corrected chi connectivity index (χ4v) is 4.12. The maximum Gasteiger partial charge on any atom is 0.145 e. The van der Waals surface area contributed by atoms with E-state index >= 15 is 0 Å². The highest BCUT2D eigenvalue weighted by Crippen LogP contribution is 2.45. The summed E-state index contributed by atoms with van der Waals surface area (Å²) in [6.45, 7) is 0. The molecule has 0 spiro atoms. The minimum absolute atomic E-state index is 1.04. The summed E-state index contributed by atoms with van der Waals surface area (Å²) >= 11 is 1.84. The Labute approximate surface area is 120 Å². The van der Waals surface area contributed by atoms with E-state index in [1.165, 1.54) is 31.8 Å². The van der Waals surface area contributed by atoms with Gasteiger partial charge >= 0.3 is 0 Å². The molecule has 0 saturated heterocycles. The van der Waals surface area contributed by atoms with Crippen molar-refractivity contribution >= 4 is 33.7 Å². The Bertz CT molecular complexity index is 985. The van der Waals surface area contributed by atoms with Gasteiger partial charge in [-0.1, -0.05) is 36.0 Å². The standard InChI is InChI=1S/C17H10N2S/c1-2-8-14-13(7-1)19-16-11(5-3-9-15(16)20-14)12-6-4-10-18-17(12)19/h1-10H. The Morgan fingerprint density at radius 2 is 1.65 bits per heavy atom. The first-order valence-electron chi connectivity index (χ1n) is 6.59. The monoisotopic (exact) mass is 274 g/mol. The summed E-state index contributed by atoms with van der Waals surface area (Å²) in [6.07, 6.45) is 1.87. The molecule has 0 fully saturated rings. The van der Waals surface area contributed by atoms with Gasteiger partial charge in [-0.3, -0.25) is 4.57 Å². The molecule has 0 bridgehead atoms. The van der Waals surface area contributed by atoms with Crippen LogP contribution >= 0.6 is 11.8 Å². The molecule has 1 aliphatic heterocycles. The maximum absolute atomic E-state index is 4.62. The fourth-order valence-electron chi connectivity index (χ4n) is 3.03. The lowest BCUT2D eigenvalue weighted by atomic mass is 10.2. The summed E-state index contributed by atoms with van der Waals surface area (Å²) in [5, 5.41) is 2.51. The Morgan fingerprint density at radius 3 is 2.65 bits per heavy atom. The molecule has 0 N–H and O–H groups in total. The Hall–Kier alpha value is -2.26. The highest BCUT2D eigenvalue weighted by molar-refractivity contribution is 7.99. The van der Waals surface area contributed by atoms with Crippen LogP contribution in [0.1, 0.15) is 0 Å². The molecule has 0 radical (unpaired) electrons. The van der Waals surface area contributed by atoms with E-state index in [1.807, 2.05) is 24.0 Å². The number of hydrogen-bond acceptors (Lipinski definition) is 2. The summed E-state index contributed by atoms with van der Waals surface area (Å²) in [5.74, 6) is 0. The van der Waals surface area contributed by atoms with Gasteiger partial charge in [0, 0.05) is 26.8 Å². The molecule has 1 aliphatic rings. The van der Waals surface area contributed by atoms with Gasteiger partial charge in [-0.25, -0.2) is 4.98 Å². The zero-order valence-electron chi connectivity index (χ0n) is 10.6. The second kappa shape index (κ2) is 3.64. The number of nitrogens with zero attached hydrogens (tertiary/aromatic N) is 2. The highest BCUT2D eigenvalue weighted by atomic mass is 32.2. The van der Waals surface area contributed by atoms with Crippen molar-refractivity contribution in [3.8, 4) is 5.69 Å². The van der Waals surface area contributed by atoms with Crippen LogP contribution in [-0.2, 0) is 0 Å². The van der Waals surface area contributed by atoms with E-state index in [0.717, 1.165) is 5.65 Å². The lowest BCUT2D eigenvalue weighted by Crippen LogP contribution is -2.01. The molecule has 2 nitrogen and oxygen atoms in total. The second-order valence-electron chi connectivity index (χ2n) is 4.93. The average Bonchev–Trinajstić information content (AvgIpc) is 2.85. The number of para-hydroxylation sites is 2. The van der Waals surface area contributed by atoms with Crippen LogP contribution in [-0.4, -0.2) is 9.55 Å². The number of pyridine rings is 1. The highest BCUT2D eigenvalue weighted by Gasteiger charge is 2.22. The predicted molar refractivity (Wildman–Crippen MR) is 82.7 cm³/mol. The van der Waals surface area contributed by atoms with Crippen molar-refractivity contribution < 1.29 is 0 Å². The van der Waals surface area contributed by atoms with Crippen LogP contribution in [0.3, 0.4) is 0 Å². The molecule has 4 aromatic rings. The number of hydrogen-bond donors (Lipinski definition) is 0. The van der Waals surface area contributed by atoms with Crippen LogP contribution < -0.4 is 0 Å². The molecule has 94 valence electrons. The predicted octanol–water partition coefficient (Wildman–Crippen LogP) is 4.64. The first-order chi connectivity index (χ1) is 9.93. The number of rotatable bonds is 0. The van der Waals surface area contributed by atoms with Gasteiger partial charge in [-0.05, 0) is 30.3 Å². The van der Waals surface area contributed by atoms with Gasteiger partial charge in [0.2, 0.25) is 0 Å². The van der Waals surface area contributed by atoms with E-state index in [-0.39, 0.29) is 0 Å². The van der Waals surface area contributed by atoms with Gasteiger partial charge in [0.25, 0.3) is 0 Å². The van der Waals surface area contributed by atoms with Gasteiger partial charge in [0.05, 0.1) is 11.2 Å². The van der Waals surface area contributed by atoms with Crippen molar-refractivity contribution in [2.24, 2.45) is 0 Å². The Kier molecular flexibility index (Phi) is 1.92. The molecular weight excluding hydrogens is 264 g/mol. The van der Waals surface area contributed by atoms with Crippen LogP contribution in [0, 0.1) is 0 Å². The molecule has 0 saturated carbocycles. The lowest BCUT2D eigenvalue weighted by molar-refractivity contribution is 1.07. The first kappa shape index (κ1) is 10.5. The molecule has 0 atom stereocenters. The summed E-state index contributed by atoms with van der Waals surface area (Å²) in [6, 6.07) is 19.2. The van der Waals surface area contributed by atoms with Gasteiger partial charge in [0.15, 0.2) is 0 Å². The number of fused-ring (bicyclic) bond motifs is 5. The molecule has 3 heterocycles. The minimum Gasteiger partial charge on any atom is -0.292 e. The van der Waals surface area contributed by atoms with E-state index in [1.54, 1.807) is 0 Å². The normalized spacial score (nSPS) is 12.8. The van der Waals surface area contributed by atoms with Crippen molar-refractivity contribution in [1.29, 1.82) is 0 Å². The zero-order valence-corrected chi connectivity index (χ0v) is 11.4. The first-order valence-corrected chi connectivity index (χ1v) is 7.40. The van der Waals surface area contributed by atoms with E-state index in [2.05, 4.69) is 58.1 Å². The minimum atomic E-state index is 1.04. The molecule has 20 heavy (non-hydrogen) atoms. The molecule has 0 aliphatic carbocycles. The van der Waals surface area contributed by atoms with Gasteiger partial charge in [0.1, 0.15) is 5.65 Å². The Morgan fingerprint density at radius 1 is 0.800 bits per heavy atom. The quantitative estimate of drug-likeness (QED) is 0.409. The van der Waals surface area contributed by atoms with Gasteiger partial charge in [-0.15, -0.1) is 0 Å². The summed E-state index contributed by atoms with van der Waals surface area (Å²) in [4.78, 5) is 7.21. The zero-order chi connectivity index (χ0) is 13.1. The molecule has 2 aromatic carbocycles. The van der Waals surface area contributed by atoms with Crippen molar-refractivity contribution in [3.63, 3.8) is 0 Å². The van der Waals surface area contributed by atoms with E-state index in [9.17, 15) is 0 Å². The van der Waals surface area contributed by atoms with E-state index < -0.39 is 0 Å². The van der Waals surface area contributed by atoms with Crippen molar-refractivity contribution in [2.75, 3.05) is 0 Å². The summed E-state index contributed by atoms with van der Waals surface area (Å²) in [7, 11) is 0. The van der Waals surface area contributed by atoms with Crippen molar-refractivity contribution in [3.05, 3.63) is 60.8 Å². The molecule has 3 heteroatoms. The topological polar surface area (TPSA) is 17.8 Å². The van der Waals surface area contributed by atoms with Crippen LogP contribution in [0.4, 0.5) is 0 Å². The van der Waals surface area contributed by atoms with Crippen molar-refractivity contribution in [2.45, 2.75) is 9.79 Å². The summed E-state index contributed by atoms with van der Waals surface area (Å²) in [5.41, 5.74) is 3.56. The van der Waals surface area contributed by atoms with Crippen molar-refractivity contribution in [1.82, 2.24) is 9.55 Å². The maximum atomic E-state index is 4.62. The Balaban J connectivity index is 2.12. The van der Waals surface area contributed by atoms with Crippen LogP contribution in [0.15, 0.2) is 70.6 Å². The number of aromatic nitrogens is 2. The largest absolute Gasteiger partial charge is 0.292 e. The fraction of sp³-hybridized carbons (Fsp3) is 0. The smallest absolute Gasteiger partial charge is 0.145 e. The molecule has 5 rings (SSSR count). The number of benzene rings is 2. The average molecular weight is 274 g/mol. The third kappa shape index (κ3) is 1.18. The third-order valence-corrected chi connectivity index (χ3v) is 4.95. The lowest BCUT2D eigenvalue weighted by Gasteiger charge is -2.18. The summed E-state index contributed by atoms with van der Waals surface area (Å²) < 4.78 is 2.30. The van der Waals surface area contributed by atoms with Crippen LogP contribution in [0.25, 0.3) is 27.6 Å². The molecular formula is C17H10N2S. The molecule has 2 aromatic heterocycles. The van der Waals surface area contributed by atoms with E-state index in [4.69, 9.17) is 0 Å². The van der Waals surface area contributed by atoms with Gasteiger partial charge < -0.3 is 0 Å². The van der Waals surface area contributed by atoms with Gasteiger partial charge in [-0.2, -0.15) is 0 Å². The molecule has 0 amide bonds. The van der Waals surface area contributed by atoms with E-state index in [0.29, 0.717) is 0 Å². The SMILES string of the molecule is c1ccc2c(c1)Sc1cccc3c4cccnc4n-2c13. The van der Waals surface area contributed by atoms with Crippen LogP contribution in [0.2, 0.25) is 0 Å². The second-order valence-corrected chi connectivity index (χ2v) is 6.02.